The fraction of sp³-hybridized carbons (Fsp3) is 0.167. The van der Waals surface area contributed by atoms with E-state index in [9.17, 15) is 14.4 Å². The van der Waals surface area contributed by atoms with Gasteiger partial charge >= 0.3 is 0 Å². The number of Topliss-reactive ketones (excluding diaryl/α,β-unsaturated/α-hetero) is 2. The average molecular weight is 511 g/mol. The summed E-state index contributed by atoms with van der Waals surface area (Å²) >= 11 is 12.7. The van der Waals surface area contributed by atoms with Crippen molar-refractivity contribution >= 4 is 58.0 Å². The highest BCUT2D eigenvalue weighted by Crippen LogP contribution is 2.38. The van der Waals surface area contributed by atoms with Crippen molar-refractivity contribution in [1.29, 1.82) is 5.26 Å². The molecule has 176 valence electrons. The van der Waals surface area contributed by atoms with Crippen molar-refractivity contribution in [2.45, 2.75) is 12.8 Å². The number of ether oxygens (including phenoxy) is 2. The number of para-hydroxylation sites is 1. The van der Waals surface area contributed by atoms with Gasteiger partial charge in [0.2, 0.25) is 17.4 Å². The van der Waals surface area contributed by atoms with Crippen molar-refractivity contribution in [2.24, 2.45) is 10.1 Å². The number of nitrogens with zero attached hydrogens (tertiary/aromatic N) is 4. The Balaban J connectivity index is 1.59. The van der Waals surface area contributed by atoms with E-state index in [-0.39, 0.29) is 39.7 Å². The Morgan fingerprint density at radius 3 is 2.51 bits per heavy atom. The van der Waals surface area contributed by atoms with Crippen molar-refractivity contribution in [2.75, 3.05) is 18.7 Å². The van der Waals surface area contributed by atoms with Gasteiger partial charge < -0.3 is 9.47 Å². The van der Waals surface area contributed by atoms with Crippen molar-refractivity contribution in [3.63, 3.8) is 0 Å². The van der Waals surface area contributed by atoms with E-state index in [0.29, 0.717) is 17.7 Å². The highest BCUT2D eigenvalue weighted by atomic mass is 35.5. The van der Waals surface area contributed by atoms with Crippen LogP contribution in [0, 0.1) is 11.3 Å². The number of hydrazone groups is 1. The van der Waals surface area contributed by atoms with Crippen LogP contribution in [0.2, 0.25) is 10.0 Å². The number of ketones is 2. The lowest BCUT2D eigenvalue weighted by atomic mass is 9.99. The highest BCUT2D eigenvalue weighted by molar-refractivity contribution is 6.50. The molecule has 0 radical (unpaired) electrons. The first kappa shape index (κ1) is 24.1. The van der Waals surface area contributed by atoms with Gasteiger partial charge in [-0.25, -0.2) is 4.99 Å². The predicted octanol–water partition coefficient (Wildman–Crippen LogP) is 3.72. The smallest absolute Gasteiger partial charge is 0.255 e. The lowest BCUT2D eigenvalue weighted by molar-refractivity contribution is -0.124. The molecule has 0 aromatic heterocycles. The molecule has 0 fully saturated rings. The first-order chi connectivity index (χ1) is 16.8. The molecule has 9 nitrogen and oxygen atoms in total. The maximum Gasteiger partial charge on any atom is 0.255 e. The maximum absolute atomic E-state index is 12.4. The fourth-order valence-corrected chi connectivity index (χ4v) is 4.01. The molecule has 0 saturated carbocycles. The summed E-state index contributed by atoms with van der Waals surface area (Å²) in [4.78, 5) is 40.5. The summed E-state index contributed by atoms with van der Waals surface area (Å²) in [7, 11) is 1.56. The van der Waals surface area contributed by atoms with E-state index in [2.05, 4.69) is 10.1 Å². The quantitative estimate of drug-likeness (QED) is 0.565. The minimum Gasteiger partial charge on any atom is -0.496 e. The molecule has 0 aliphatic carbocycles. The molecule has 0 saturated heterocycles. The Bertz CT molecular complexity index is 1370. The number of hydrogen-bond donors (Lipinski definition) is 0. The summed E-state index contributed by atoms with van der Waals surface area (Å²) in [6, 6.07) is 11.7. The second-order valence-corrected chi connectivity index (χ2v) is 8.26. The van der Waals surface area contributed by atoms with Crippen LogP contribution in [-0.2, 0) is 20.8 Å². The summed E-state index contributed by atoms with van der Waals surface area (Å²) in [6.07, 6.45) is 1.34. The lowest BCUT2D eigenvalue weighted by Gasteiger charge is -2.22. The van der Waals surface area contributed by atoms with E-state index < -0.39 is 23.8 Å². The van der Waals surface area contributed by atoms with Crippen LogP contribution >= 0.6 is 23.2 Å². The van der Waals surface area contributed by atoms with Crippen LogP contribution in [0.15, 0.2) is 58.1 Å². The number of carbonyl (C=O) groups is 3. The number of nitriles is 1. The molecule has 0 atom stereocenters. The zero-order valence-electron chi connectivity index (χ0n) is 18.2. The molecular formula is C24H16Cl2N4O5. The van der Waals surface area contributed by atoms with Gasteiger partial charge in [0.05, 0.1) is 29.3 Å². The first-order valence-electron chi connectivity index (χ1n) is 10.2. The highest BCUT2D eigenvalue weighted by Gasteiger charge is 2.30. The minimum atomic E-state index is -0.661. The van der Waals surface area contributed by atoms with Crippen molar-refractivity contribution < 1.29 is 23.9 Å². The molecule has 0 unspecified atom stereocenters. The molecule has 0 spiro atoms. The zero-order chi connectivity index (χ0) is 25.1. The van der Waals surface area contributed by atoms with Crippen LogP contribution in [0.4, 0.5) is 5.69 Å². The number of carbonyl (C=O) groups excluding carboxylic acids is 3. The Hall–Kier alpha value is -4.00. The van der Waals surface area contributed by atoms with E-state index in [4.69, 9.17) is 37.9 Å². The van der Waals surface area contributed by atoms with E-state index in [1.165, 1.54) is 18.2 Å². The zero-order valence-corrected chi connectivity index (χ0v) is 19.8. The third-order valence-corrected chi connectivity index (χ3v) is 5.72. The van der Waals surface area contributed by atoms with E-state index in [0.717, 1.165) is 10.6 Å². The average Bonchev–Trinajstić information content (AvgIpc) is 2.83. The largest absolute Gasteiger partial charge is 0.496 e. The van der Waals surface area contributed by atoms with Crippen LogP contribution in [0.3, 0.4) is 0 Å². The Morgan fingerprint density at radius 2 is 1.83 bits per heavy atom. The molecule has 11 heteroatoms. The van der Waals surface area contributed by atoms with Crippen molar-refractivity contribution in [3.8, 4) is 17.6 Å². The number of anilines is 1. The third-order valence-electron chi connectivity index (χ3n) is 5.16. The second-order valence-electron chi connectivity index (χ2n) is 7.44. The molecule has 0 bridgehead atoms. The minimum absolute atomic E-state index is 0.0326. The fourth-order valence-electron chi connectivity index (χ4n) is 3.46. The van der Waals surface area contributed by atoms with Gasteiger partial charge in [-0.1, -0.05) is 41.4 Å². The molecule has 1 amide bonds. The number of methoxy groups -OCH3 is 1. The van der Waals surface area contributed by atoms with Crippen LogP contribution in [0.1, 0.15) is 12.0 Å². The SMILES string of the molecule is COc1ccccc1CC1=CC(Oc2c(Cl)cc(N3N=C(C#N)C(=O)CC3=O)cc2Cl)=NCC1=O. The molecule has 2 heterocycles. The van der Waals surface area contributed by atoms with Crippen LogP contribution in [-0.4, -0.2) is 42.7 Å². The monoisotopic (exact) mass is 510 g/mol. The Kier molecular flexibility index (Phi) is 6.96. The van der Waals surface area contributed by atoms with Gasteiger partial charge in [0.1, 0.15) is 18.4 Å². The number of rotatable bonds is 5. The number of dihydropyridines is 1. The van der Waals surface area contributed by atoms with Gasteiger partial charge in [-0.15, -0.1) is 0 Å². The number of benzene rings is 2. The summed E-state index contributed by atoms with van der Waals surface area (Å²) in [5.41, 5.74) is 1.07. The predicted molar refractivity (Wildman–Crippen MR) is 129 cm³/mol. The maximum atomic E-state index is 12.4. The van der Waals surface area contributed by atoms with Crippen molar-refractivity contribution in [1.82, 2.24) is 0 Å². The molecule has 0 N–H and O–H groups in total. The van der Waals surface area contributed by atoms with Gasteiger partial charge in [-0.3, -0.25) is 14.4 Å². The molecule has 2 aromatic rings. The van der Waals surface area contributed by atoms with Crippen LogP contribution < -0.4 is 14.5 Å². The Labute approximate surface area is 209 Å². The van der Waals surface area contributed by atoms with E-state index in [1.54, 1.807) is 13.2 Å². The second kappa shape index (κ2) is 10.1. The van der Waals surface area contributed by atoms with Gasteiger partial charge in [0.15, 0.2) is 11.5 Å². The van der Waals surface area contributed by atoms with Gasteiger partial charge in [-0.2, -0.15) is 15.4 Å². The topological polar surface area (TPSA) is 121 Å². The third kappa shape index (κ3) is 5.09. The number of amides is 1. The van der Waals surface area contributed by atoms with Gasteiger partial charge in [0, 0.05) is 18.1 Å². The van der Waals surface area contributed by atoms with Gasteiger partial charge in [0.25, 0.3) is 5.91 Å². The molecule has 4 rings (SSSR count). The molecule has 35 heavy (non-hydrogen) atoms. The lowest BCUT2D eigenvalue weighted by Crippen LogP contribution is -2.36. The number of hydrogen-bond acceptors (Lipinski definition) is 8. The van der Waals surface area contributed by atoms with Gasteiger partial charge in [-0.05, 0) is 23.8 Å². The van der Waals surface area contributed by atoms with E-state index >= 15 is 0 Å². The molecule has 2 aliphatic heterocycles. The van der Waals surface area contributed by atoms with E-state index in [1.807, 2.05) is 24.3 Å². The number of aliphatic imine (C=N–C) groups is 1. The van der Waals surface area contributed by atoms with Crippen LogP contribution in [0.25, 0.3) is 0 Å². The summed E-state index contributed by atoms with van der Waals surface area (Å²) in [5.74, 6) is -0.594. The molecular weight excluding hydrogens is 495 g/mol. The molecule has 2 aromatic carbocycles. The summed E-state index contributed by atoms with van der Waals surface area (Å²) in [5, 5.41) is 13.8. The number of halogens is 2. The Morgan fingerprint density at radius 1 is 1.11 bits per heavy atom. The van der Waals surface area contributed by atoms with Crippen molar-refractivity contribution in [3.05, 3.63) is 63.7 Å². The normalized spacial score (nSPS) is 15.8. The van der Waals surface area contributed by atoms with Crippen LogP contribution in [0.5, 0.6) is 11.5 Å². The standard InChI is InChI=1S/C24H16Cl2N4O5/c1-34-21-5-3-2-4-13(21)6-14-7-22(28-12-20(14)32)35-24-16(25)8-15(9-17(24)26)30-23(33)10-19(31)18(11-27)29-30/h2-5,7-9H,6,10,12H2,1H3. The first-order valence-corrected chi connectivity index (χ1v) is 11.0. The molecule has 2 aliphatic rings. The summed E-state index contributed by atoms with van der Waals surface area (Å²) in [6.45, 7) is -0.106. The summed E-state index contributed by atoms with van der Waals surface area (Å²) < 4.78 is 11.2.